The van der Waals surface area contributed by atoms with Crippen molar-refractivity contribution >= 4 is 17.4 Å². The molecule has 0 aromatic heterocycles. The van der Waals surface area contributed by atoms with E-state index in [0.717, 1.165) is 5.56 Å². The van der Waals surface area contributed by atoms with Crippen molar-refractivity contribution in [3.05, 3.63) is 29.8 Å². The highest BCUT2D eigenvalue weighted by Crippen LogP contribution is 2.24. The number of benzene rings is 1. The maximum atomic E-state index is 9.85. The van der Waals surface area contributed by atoms with Crippen LogP contribution in [0, 0.1) is 0 Å². The quantitative estimate of drug-likeness (QED) is 0.752. The predicted molar refractivity (Wildman–Crippen MR) is 63.4 cm³/mol. The lowest BCUT2D eigenvalue weighted by atomic mass is 10.1. The zero-order chi connectivity index (χ0) is 10.6. The summed E-state index contributed by atoms with van der Waals surface area (Å²) < 4.78 is 0. The van der Waals surface area contributed by atoms with E-state index in [1.807, 2.05) is 24.3 Å². The maximum Gasteiger partial charge on any atom is 0.0900 e. The second kappa shape index (κ2) is 5.27. The molecule has 0 bridgehead atoms. The van der Waals surface area contributed by atoms with Gasteiger partial charge in [0.1, 0.15) is 0 Å². The number of hydrogen-bond acceptors (Lipinski definition) is 3. The van der Waals surface area contributed by atoms with Crippen LogP contribution < -0.4 is 5.73 Å². The molecule has 0 heterocycles. The van der Waals surface area contributed by atoms with Crippen LogP contribution in [0.4, 0.5) is 5.69 Å². The van der Waals surface area contributed by atoms with Crippen molar-refractivity contribution in [2.24, 2.45) is 0 Å². The van der Waals surface area contributed by atoms with E-state index >= 15 is 0 Å². The molecule has 0 aliphatic carbocycles. The number of thioether (sulfide) groups is 1. The molecule has 1 aromatic rings. The van der Waals surface area contributed by atoms with Crippen molar-refractivity contribution in [1.82, 2.24) is 0 Å². The molecule has 0 amide bonds. The van der Waals surface area contributed by atoms with E-state index in [1.54, 1.807) is 11.8 Å². The first-order chi connectivity index (χ1) is 6.61. The molecule has 0 saturated heterocycles. The van der Waals surface area contributed by atoms with Gasteiger partial charge < -0.3 is 10.8 Å². The van der Waals surface area contributed by atoms with Gasteiger partial charge in [0.2, 0.25) is 0 Å². The van der Waals surface area contributed by atoms with Crippen molar-refractivity contribution in [2.75, 3.05) is 11.5 Å². The fourth-order valence-corrected chi connectivity index (χ4v) is 1.93. The summed E-state index contributed by atoms with van der Waals surface area (Å²) in [5.41, 5.74) is 7.26. The molecule has 1 rings (SSSR count). The van der Waals surface area contributed by atoms with E-state index in [1.165, 1.54) is 0 Å². The summed E-state index contributed by atoms with van der Waals surface area (Å²) >= 11 is 1.74. The minimum atomic E-state index is -0.455. The third-order valence-electron chi connectivity index (χ3n) is 1.94. The number of aliphatic hydroxyl groups is 1. The van der Waals surface area contributed by atoms with Crippen molar-refractivity contribution < 1.29 is 5.11 Å². The molecule has 0 aliphatic heterocycles. The summed E-state index contributed by atoms with van der Waals surface area (Å²) in [6.07, 6.45) is -0.455. The Hall–Kier alpha value is -0.670. The van der Waals surface area contributed by atoms with Gasteiger partial charge in [-0.1, -0.05) is 32.0 Å². The van der Waals surface area contributed by atoms with Crippen LogP contribution >= 0.6 is 11.8 Å². The smallest absolute Gasteiger partial charge is 0.0900 e. The first kappa shape index (κ1) is 11.4. The van der Waals surface area contributed by atoms with E-state index < -0.39 is 6.10 Å². The average Bonchev–Trinajstić information content (AvgIpc) is 2.15. The largest absolute Gasteiger partial charge is 0.398 e. The van der Waals surface area contributed by atoms with Crippen molar-refractivity contribution in [2.45, 2.75) is 25.2 Å². The van der Waals surface area contributed by atoms with Crippen molar-refractivity contribution in [3.63, 3.8) is 0 Å². The molecule has 0 spiro atoms. The molecule has 1 atom stereocenters. The molecule has 2 nitrogen and oxygen atoms in total. The van der Waals surface area contributed by atoms with Gasteiger partial charge in [0.15, 0.2) is 0 Å². The van der Waals surface area contributed by atoms with E-state index in [4.69, 9.17) is 5.73 Å². The topological polar surface area (TPSA) is 46.2 Å². The van der Waals surface area contributed by atoms with Crippen LogP contribution in [0.3, 0.4) is 0 Å². The molecule has 1 aromatic carbocycles. The second-order valence-electron chi connectivity index (χ2n) is 3.53. The molecule has 78 valence electrons. The minimum absolute atomic E-state index is 0.455. The van der Waals surface area contributed by atoms with E-state index in [2.05, 4.69) is 13.8 Å². The van der Waals surface area contributed by atoms with Gasteiger partial charge in [-0.15, -0.1) is 0 Å². The van der Waals surface area contributed by atoms with Gasteiger partial charge in [0, 0.05) is 17.0 Å². The molecule has 14 heavy (non-hydrogen) atoms. The molecule has 0 fully saturated rings. The van der Waals surface area contributed by atoms with E-state index in [0.29, 0.717) is 16.7 Å². The Labute approximate surface area is 89.5 Å². The van der Waals surface area contributed by atoms with Gasteiger partial charge in [-0.05, 0) is 11.3 Å². The number of nitrogens with two attached hydrogens (primary N) is 1. The molecular weight excluding hydrogens is 194 g/mol. The highest BCUT2D eigenvalue weighted by molar-refractivity contribution is 7.99. The second-order valence-corrected chi connectivity index (χ2v) is 5.14. The summed E-state index contributed by atoms with van der Waals surface area (Å²) in [5, 5.41) is 10.4. The van der Waals surface area contributed by atoms with Gasteiger partial charge in [-0.3, -0.25) is 0 Å². The first-order valence-corrected chi connectivity index (χ1v) is 5.80. The average molecular weight is 211 g/mol. The molecule has 0 radical (unpaired) electrons. The summed E-state index contributed by atoms with van der Waals surface area (Å²) in [7, 11) is 0. The lowest BCUT2D eigenvalue weighted by Crippen LogP contribution is -2.06. The third kappa shape index (κ3) is 3.24. The van der Waals surface area contributed by atoms with Crippen LogP contribution in [0.15, 0.2) is 24.3 Å². The Morgan fingerprint density at radius 1 is 1.36 bits per heavy atom. The number of hydrogen-bond donors (Lipinski definition) is 2. The van der Waals surface area contributed by atoms with Crippen LogP contribution in [0.5, 0.6) is 0 Å². The number of para-hydroxylation sites is 1. The third-order valence-corrected chi connectivity index (χ3v) is 3.12. The summed E-state index contributed by atoms with van der Waals surface area (Å²) in [6, 6.07) is 7.47. The number of aliphatic hydroxyl groups excluding tert-OH is 1. The zero-order valence-electron chi connectivity index (χ0n) is 8.60. The van der Waals surface area contributed by atoms with E-state index in [9.17, 15) is 5.11 Å². The van der Waals surface area contributed by atoms with Gasteiger partial charge in [0.05, 0.1) is 6.10 Å². The highest BCUT2D eigenvalue weighted by atomic mass is 32.2. The number of anilines is 1. The summed E-state index contributed by atoms with van der Waals surface area (Å²) in [4.78, 5) is 0. The number of nitrogen functional groups attached to an aromatic ring is 1. The first-order valence-electron chi connectivity index (χ1n) is 4.75. The summed E-state index contributed by atoms with van der Waals surface area (Å²) in [6.45, 7) is 4.23. The fraction of sp³-hybridized carbons (Fsp3) is 0.455. The van der Waals surface area contributed by atoms with Crippen LogP contribution in [0.2, 0.25) is 0 Å². The van der Waals surface area contributed by atoms with Crippen LogP contribution in [-0.2, 0) is 0 Å². The Morgan fingerprint density at radius 2 is 2.00 bits per heavy atom. The SMILES string of the molecule is CC(C)SCC(O)c1ccccc1N. The van der Waals surface area contributed by atoms with Gasteiger partial charge in [-0.25, -0.2) is 0 Å². The molecule has 0 saturated carbocycles. The number of rotatable bonds is 4. The van der Waals surface area contributed by atoms with Crippen molar-refractivity contribution in [1.29, 1.82) is 0 Å². The van der Waals surface area contributed by atoms with E-state index in [-0.39, 0.29) is 0 Å². The molecular formula is C11H17NOS. The molecule has 3 N–H and O–H groups in total. The van der Waals surface area contributed by atoms with Crippen molar-refractivity contribution in [3.8, 4) is 0 Å². The predicted octanol–water partition coefficient (Wildman–Crippen LogP) is 2.44. The van der Waals surface area contributed by atoms with Crippen LogP contribution in [0.1, 0.15) is 25.5 Å². The Kier molecular flexibility index (Phi) is 4.29. The fourth-order valence-electron chi connectivity index (χ4n) is 1.19. The van der Waals surface area contributed by atoms with Crippen LogP contribution in [0.25, 0.3) is 0 Å². The maximum absolute atomic E-state index is 9.85. The van der Waals surface area contributed by atoms with Gasteiger partial charge in [0.25, 0.3) is 0 Å². The van der Waals surface area contributed by atoms with Gasteiger partial charge >= 0.3 is 0 Å². The lowest BCUT2D eigenvalue weighted by Gasteiger charge is -2.14. The minimum Gasteiger partial charge on any atom is -0.398 e. The molecule has 1 unspecified atom stereocenters. The van der Waals surface area contributed by atoms with Crippen LogP contribution in [-0.4, -0.2) is 16.1 Å². The Balaban J connectivity index is 2.60. The standard InChI is InChI=1S/C11H17NOS/c1-8(2)14-7-11(13)9-5-3-4-6-10(9)12/h3-6,8,11,13H,7,12H2,1-2H3. The Morgan fingerprint density at radius 3 is 2.57 bits per heavy atom. The van der Waals surface area contributed by atoms with Gasteiger partial charge in [-0.2, -0.15) is 11.8 Å². The normalized spacial score (nSPS) is 13.1. The zero-order valence-corrected chi connectivity index (χ0v) is 9.42. The Bertz CT molecular complexity index is 288. The lowest BCUT2D eigenvalue weighted by molar-refractivity contribution is 0.205. The molecule has 0 aliphatic rings. The molecule has 3 heteroatoms. The monoisotopic (exact) mass is 211 g/mol. The summed E-state index contributed by atoms with van der Waals surface area (Å²) in [5.74, 6) is 0.700. The highest BCUT2D eigenvalue weighted by Gasteiger charge is 2.10.